The van der Waals surface area contributed by atoms with Crippen LogP contribution in [-0.2, 0) is 0 Å². The largest absolute Gasteiger partial charge is 0.508 e. The first-order valence-corrected chi connectivity index (χ1v) is 6.55. The lowest BCUT2D eigenvalue weighted by Crippen LogP contribution is -1.72. The molecule has 0 fully saturated rings. The number of phenolic OH excluding ortho intramolecular Hbond substituents is 2. The van der Waals surface area contributed by atoms with Crippen molar-refractivity contribution >= 4 is 33.0 Å². The number of hydrogen-bond acceptors (Lipinski definition) is 3. The fourth-order valence-corrected chi connectivity index (χ4v) is 3.43. The van der Waals surface area contributed by atoms with Crippen LogP contribution in [0.4, 0.5) is 0 Å². The molecule has 0 spiro atoms. The smallest absolute Gasteiger partial charge is 0.117 e. The van der Waals surface area contributed by atoms with Gasteiger partial charge < -0.3 is 10.2 Å². The molecule has 0 atom stereocenters. The second-order valence-corrected chi connectivity index (χ2v) is 5.40. The zero-order chi connectivity index (χ0) is 12.7. The summed E-state index contributed by atoms with van der Waals surface area (Å²) in [6, 6.07) is 12.1. The predicted octanol–water partition coefficient (Wildman–Crippen LogP) is 4.63. The Hall–Kier alpha value is -1.71. The highest BCUT2D eigenvalue weighted by Crippen LogP contribution is 2.43. The second-order valence-electron chi connectivity index (χ2n) is 3.97. The molecule has 0 saturated carbocycles. The van der Waals surface area contributed by atoms with E-state index in [4.69, 9.17) is 11.6 Å². The van der Waals surface area contributed by atoms with E-state index in [9.17, 15) is 10.2 Å². The number of fused-ring (bicyclic) bond motifs is 1. The number of thiophene rings is 1. The average Bonchev–Trinajstić information content (AvgIpc) is 2.67. The monoisotopic (exact) mass is 276 g/mol. The van der Waals surface area contributed by atoms with Crippen LogP contribution >= 0.6 is 22.9 Å². The third-order valence-corrected chi connectivity index (χ3v) is 4.45. The zero-order valence-corrected chi connectivity index (χ0v) is 10.8. The molecular weight excluding hydrogens is 268 g/mol. The number of hydrogen-bond donors (Lipinski definition) is 2. The van der Waals surface area contributed by atoms with Gasteiger partial charge in [0.15, 0.2) is 0 Å². The van der Waals surface area contributed by atoms with E-state index in [0.29, 0.717) is 5.02 Å². The quantitative estimate of drug-likeness (QED) is 0.680. The Morgan fingerprint density at radius 2 is 1.56 bits per heavy atom. The summed E-state index contributed by atoms with van der Waals surface area (Å²) in [5.41, 5.74) is 0.957. The Bertz CT molecular complexity index is 716. The van der Waals surface area contributed by atoms with E-state index in [1.165, 1.54) is 11.3 Å². The van der Waals surface area contributed by atoms with Gasteiger partial charge in [-0.15, -0.1) is 11.3 Å². The van der Waals surface area contributed by atoms with Crippen LogP contribution in [0.1, 0.15) is 0 Å². The van der Waals surface area contributed by atoms with Gasteiger partial charge in [0.05, 0.1) is 9.90 Å². The molecule has 4 heteroatoms. The second kappa shape index (κ2) is 4.19. The Balaban J connectivity index is 2.23. The van der Waals surface area contributed by atoms with Crippen LogP contribution in [0.5, 0.6) is 11.5 Å². The maximum absolute atomic E-state index is 9.47. The van der Waals surface area contributed by atoms with Crippen molar-refractivity contribution in [2.45, 2.75) is 0 Å². The molecule has 0 aliphatic rings. The maximum atomic E-state index is 9.47. The fourth-order valence-electron chi connectivity index (χ4n) is 1.85. The Morgan fingerprint density at radius 3 is 2.28 bits per heavy atom. The Kier molecular flexibility index (Phi) is 2.65. The molecule has 1 aromatic heterocycles. The van der Waals surface area contributed by atoms with Crippen molar-refractivity contribution in [3.8, 4) is 21.9 Å². The molecule has 3 aromatic rings. The van der Waals surface area contributed by atoms with Gasteiger partial charge in [0.25, 0.3) is 0 Å². The molecular formula is C14H9ClO2S. The van der Waals surface area contributed by atoms with Gasteiger partial charge in [-0.3, -0.25) is 0 Å². The first-order chi connectivity index (χ1) is 8.65. The van der Waals surface area contributed by atoms with Gasteiger partial charge in [-0.1, -0.05) is 11.6 Å². The number of aromatic hydroxyl groups is 2. The summed E-state index contributed by atoms with van der Waals surface area (Å²) in [6.45, 7) is 0. The lowest BCUT2D eigenvalue weighted by atomic mass is 10.1. The first kappa shape index (κ1) is 11.4. The minimum absolute atomic E-state index is 0.230. The number of halogens is 1. The zero-order valence-electron chi connectivity index (χ0n) is 9.22. The molecule has 3 rings (SSSR count). The normalized spacial score (nSPS) is 10.9. The summed E-state index contributed by atoms with van der Waals surface area (Å²) >= 11 is 7.87. The predicted molar refractivity (Wildman–Crippen MR) is 75.6 cm³/mol. The molecule has 90 valence electrons. The van der Waals surface area contributed by atoms with Gasteiger partial charge in [0.1, 0.15) is 11.5 Å². The van der Waals surface area contributed by atoms with E-state index in [0.717, 1.165) is 20.5 Å². The number of rotatable bonds is 1. The third-order valence-electron chi connectivity index (χ3n) is 2.74. The highest BCUT2D eigenvalue weighted by molar-refractivity contribution is 7.23. The van der Waals surface area contributed by atoms with Crippen LogP contribution in [0.15, 0.2) is 42.5 Å². The van der Waals surface area contributed by atoms with Gasteiger partial charge >= 0.3 is 0 Å². The van der Waals surface area contributed by atoms with Crippen molar-refractivity contribution in [1.82, 2.24) is 0 Å². The summed E-state index contributed by atoms with van der Waals surface area (Å²) in [5, 5.41) is 20.4. The van der Waals surface area contributed by atoms with Crippen molar-refractivity contribution in [2.24, 2.45) is 0 Å². The SMILES string of the molecule is Oc1ccc(-c2sc3cc(O)ccc3c2Cl)cc1. The van der Waals surface area contributed by atoms with E-state index >= 15 is 0 Å². The van der Waals surface area contributed by atoms with Crippen molar-refractivity contribution in [3.05, 3.63) is 47.5 Å². The van der Waals surface area contributed by atoms with E-state index in [1.807, 2.05) is 18.2 Å². The molecule has 0 aliphatic carbocycles. The molecule has 2 aromatic carbocycles. The van der Waals surface area contributed by atoms with Crippen LogP contribution in [-0.4, -0.2) is 10.2 Å². The molecule has 0 amide bonds. The highest BCUT2D eigenvalue weighted by Gasteiger charge is 2.12. The molecule has 2 nitrogen and oxygen atoms in total. The minimum Gasteiger partial charge on any atom is -0.508 e. The van der Waals surface area contributed by atoms with Crippen LogP contribution < -0.4 is 0 Å². The lowest BCUT2D eigenvalue weighted by molar-refractivity contribution is 0.475. The van der Waals surface area contributed by atoms with Crippen LogP contribution in [0.3, 0.4) is 0 Å². The summed E-state index contributed by atoms with van der Waals surface area (Å²) in [4.78, 5) is 0.942. The summed E-state index contributed by atoms with van der Waals surface area (Å²) in [6.07, 6.45) is 0. The van der Waals surface area contributed by atoms with Crippen LogP contribution in [0, 0.1) is 0 Å². The van der Waals surface area contributed by atoms with E-state index in [2.05, 4.69) is 0 Å². The van der Waals surface area contributed by atoms with Crippen molar-refractivity contribution in [1.29, 1.82) is 0 Å². The van der Waals surface area contributed by atoms with E-state index in [-0.39, 0.29) is 11.5 Å². The number of benzene rings is 2. The molecule has 0 bridgehead atoms. The van der Waals surface area contributed by atoms with Gasteiger partial charge in [0.2, 0.25) is 0 Å². The van der Waals surface area contributed by atoms with E-state index in [1.54, 1.807) is 24.3 Å². The third kappa shape index (κ3) is 1.82. The Labute approximate surface area is 113 Å². The molecule has 2 N–H and O–H groups in total. The molecule has 18 heavy (non-hydrogen) atoms. The van der Waals surface area contributed by atoms with Crippen LogP contribution in [0.25, 0.3) is 20.5 Å². The average molecular weight is 277 g/mol. The summed E-state index contributed by atoms with van der Waals surface area (Å²) < 4.78 is 0.947. The highest BCUT2D eigenvalue weighted by atomic mass is 35.5. The lowest BCUT2D eigenvalue weighted by Gasteiger charge is -1.98. The molecule has 0 saturated heterocycles. The van der Waals surface area contributed by atoms with Crippen molar-refractivity contribution in [2.75, 3.05) is 0 Å². The van der Waals surface area contributed by atoms with Gasteiger partial charge in [-0.25, -0.2) is 0 Å². The summed E-state index contributed by atoms with van der Waals surface area (Å²) in [7, 11) is 0. The maximum Gasteiger partial charge on any atom is 0.117 e. The molecule has 1 heterocycles. The standard InChI is InChI=1S/C14H9ClO2S/c15-13-11-6-5-10(17)7-12(11)18-14(13)8-1-3-9(16)4-2-8/h1-7,16-17H. The molecule has 0 radical (unpaired) electrons. The minimum atomic E-state index is 0.230. The van der Waals surface area contributed by atoms with Gasteiger partial charge in [0, 0.05) is 10.1 Å². The molecule has 0 unspecified atom stereocenters. The topological polar surface area (TPSA) is 40.5 Å². The van der Waals surface area contributed by atoms with Gasteiger partial charge in [-0.2, -0.15) is 0 Å². The van der Waals surface area contributed by atoms with Crippen molar-refractivity contribution < 1.29 is 10.2 Å². The van der Waals surface area contributed by atoms with Crippen molar-refractivity contribution in [3.63, 3.8) is 0 Å². The van der Waals surface area contributed by atoms with Gasteiger partial charge in [-0.05, 0) is 48.0 Å². The summed E-state index contributed by atoms with van der Waals surface area (Å²) in [5.74, 6) is 0.464. The van der Waals surface area contributed by atoms with E-state index < -0.39 is 0 Å². The van der Waals surface area contributed by atoms with Crippen LogP contribution in [0.2, 0.25) is 5.02 Å². The first-order valence-electron chi connectivity index (χ1n) is 5.35. The molecule has 0 aliphatic heterocycles. The Morgan fingerprint density at radius 1 is 0.889 bits per heavy atom. The number of phenols is 2. The fraction of sp³-hybridized carbons (Fsp3) is 0.